The summed E-state index contributed by atoms with van der Waals surface area (Å²) in [5, 5.41) is 9.56. The zero-order valence-electron chi connectivity index (χ0n) is 15.2. The van der Waals surface area contributed by atoms with Gasteiger partial charge in [-0.25, -0.2) is 0 Å². The van der Waals surface area contributed by atoms with Crippen molar-refractivity contribution in [3.05, 3.63) is 60.2 Å². The van der Waals surface area contributed by atoms with Gasteiger partial charge < -0.3 is 14.7 Å². The van der Waals surface area contributed by atoms with Crippen LogP contribution in [-0.2, 0) is 4.79 Å². The number of piperazine rings is 1. The monoisotopic (exact) mass is 354 g/mol. The summed E-state index contributed by atoms with van der Waals surface area (Å²) in [6.45, 7) is 4.57. The molecule has 0 saturated carbocycles. The molecule has 1 aliphatic heterocycles. The van der Waals surface area contributed by atoms with Gasteiger partial charge >= 0.3 is 5.97 Å². The lowest BCUT2D eigenvalue weighted by molar-refractivity contribution is -0.139. The molecule has 0 bridgehead atoms. The molecule has 0 radical (unpaired) electrons. The molecule has 0 aliphatic carbocycles. The van der Waals surface area contributed by atoms with Crippen molar-refractivity contribution in [1.82, 2.24) is 4.90 Å². The van der Waals surface area contributed by atoms with Gasteiger partial charge in [0.05, 0.1) is 13.0 Å². The van der Waals surface area contributed by atoms with E-state index in [1.165, 1.54) is 5.69 Å². The maximum Gasteiger partial charge on any atom is 0.311 e. The Balaban J connectivity index is 1.52. The van der Waals surface area contributed by atoms with E-state index in [1.54, 1.807) is 7.11 Å². The zero-order chi connectivity index (χ0) is 18.4. The third-order valence-corrected chi connectivity index (χ3v) is 5.02. The summed E-state index contributed by atoms with van der Waals surface area (Å²) >= 11 is 0. The van der Waals surface area contributed by atoms with Crippen LogP contribution in [0.25, 0.3) is 0 Å². The topological polar surface area (TPSA) is 53.0 Å². The van der Waals surface area contributed by atoms with Gasteiger partial charge in [-0.3, -0.25) is 9.69 Å². The van der Waals surface area contributed by atoms with Crippen LogP contribution in [0.1, 0.15) is 17.9 Å². The highest BCUT2D eigenvalue weighted by molar-refractivity contribution is 5.76. The molecule has 1 saturated heterocycles. The van der Waals surface area contributed by atoms with E-state index in [4.69, 9.17) is 4.74 Å². The number of nitrogens with zero attached hydrogens (tertiary/aromatic N) is 2. The highest BCUT2D eigenvalue weighted by atomic mass is 16.5. The molecule has 138 valence electrons. The van der Waals surface area contributed by atoms with E-state index >= 15 is 0 Å². The minimum Gasteiger partial charge on any atom is -0.497 e. The van der Waals surface area contributed by atoms with Crippen molar-refractivity contribution in [2.75, 3.05) is 44.7 Å². The fraction of sp³-hybridized carbons (Fsp3) is 0.381. The van der Waals surface area contributed by atoms with E-state index in [2.05, 4.69) is 21.9 Å². The van der Waals surface area contributed by atoms with E-state index in [0.717, 1.165) is 44.0 Å². The van der Waals surface area contributed by atoms with Gasteiger partial charge in [-0.2, -0.15) is 0 Å². The van der Waals surface area contributed by atoms with Crippen molar-refractivity contribution in [2.45, 2.75) is 12.3 Å². The predicted molar refractivity (Wildman–Crippen MR) is 103 cm³/mol. The highest BCUT2D eigenvalue weighted by Crippen LogP contribution is 2.23. The second-order valence-corrected chi connectivity index (χ2v) is 6.62. The molecule has 5 nitrogen and oxygen atoms in total. The van der Waals surface area contributed by atoms with Crippen molar-refractivity contribution in [2.24, 2.45) is 0 Å². The van der Waals surface area contributed by atoms with Gasteiger partial charge in [-0.05, 0) is 30.7 Å². The highest BCUT2D eigenvalue weighted by Gasteiger charge is 2.23. The Morgan fingerprint density at radius 3 is 2.46 bits per heavy atom. The number of methoxy groups -OCH3 is 1. The standard InChI is InChI=1S/C21H26N2O3/c1-26-19-9-5-8-18(16-19)23-14-12-22(13-15-23)11-10-20(21(24)25)17-6-3-2-4-7-17/h2-9,16,20H,10-15H2,1H3,(H,24,25). The van der Waals surface area contributed by atoms with Crippen LogP contribution >= 0.6 is 0 Å². The van der Waals surface area contributed by atoms with E-state index in [9.17, 15) is 9.90 Å². The maximum atomic E-state index is 11.6. The summed E-state index contributed by atoms with van der Waals surface area (Å²) in [4.78, 5) is 16.3. The molecule has 1 atom stereocenters. The fourth-order valence-electron chi connectivity index (χ4n) is 3.47. The maximum absolute atomic E-state index is 11.6. The number of carboxylic acids is 1. The predicted octanol–water partition coefficient (Wildman–Crippen LogP) is 3.08. The average Bonchev–Trinajstić information content (AvgIpc) is 2.69. The van der Waals surface area contributed by atoms with Crippen LogP contribution < -0.4 is 9.64 Å². The largest absolute Gasteiger partial charge is 0.497 e. The van der Waals surface area contributed by atoms with E-state index in [-0.39, 0.29) is 0 Å². The Hall–Kier alpha value is -2.53. The summed E-state index contributed by atoms with van der Waals surface area (Å²) in [6, 6.07) is 17.7. The van der Waals surface area contributed by atoms with Gasteiger partial charge in [0.2, 0.25) is 0 Å². The Bertz CT molecular complexity index is 712. The molecule has 1 unspecified atom stereocenters. The van der Waals surface area contributed by atoms with Crippen molar-refractivity contribution in [3.63, 3.8) is 0 Å². The molecular weight excluding hydrogens is 328 g/mol. The second kappa shape index (κ2) is 8.72. The Kier molecular flexibility index (Phi) is 6.12. The molecule has 5 heteroatoms. The van der Waals surface area contributed by atoms with Gasteiger partial charge in [0.25, 0.3) is 0 Å². The number of hydrogen-bond donors (Lipinski definition) is 1. The molecule has 1 N–H and O–H groups in total. The summed E-state index contributed by atoms with van der Waals surface area (Å²) < 4.78 is 5.30. The molecule has 2 aromatic carbocycles. The van der Waals surface area contributed by atoms with Gasteiger partial charge in [-0.1, -0.05) is 36.4 Å². The van der Waals surface area contributed by atoms with Crippen LogP contribution in [-0.4, -0.2) is 55.8 Å². The molecule has 2 aromatic rings. The van der Waals surface area contributed by atoms with Crippen molar-refractivity contribution in [3.8, 4) is 5.75 Å². The number of carbonyl (C=O) groups is 1. The number of carboxylic acid groups (broad SMARTS) is 1. The number of anilines is 1. The molecule has 0 amide bonds. The van der Waals surface area contributed by atoms with Crippen LogP contribution in [0.15, 0.2) is 54.6 Å². The van der Waals surface area contributed by atoms with Gasteiger partial charge in [0, 0.05) is 37.9 Å². The molecule has 1 heterocycles. The number of rotatable bonds is 7. The van der Waals surface area contributed by atoms with Crippen molar-refractivity contribution >= 4 is 11.7 Å². The fourth-order valence-corrected chi connectivity index (χ4v) is 3.47. The number of ether oxygens (including phenoxy) is 1. The minimum atomic E-state index is -0.744. The van der Waals surface area contributed by atoms with Gasteiger partial charge in [-0.15, -0.1) is 0 Å². The van der Waals surface area contributed by atoms with E-state index in [1.807, 2.05) is 42.5 Å². The summed E-state index contributed by atoms with van der Waals surface area (Å²) in [6.07, 6.45) is 0.637. The summed E-state index contributed by atoms with van der Waals surface area (Å²) in [5.74, 6) is -0.309. The van der Waals surface area contributed by atoms with Gasteiger partial charge in [0.15, 0.2) is 0 Å². The third kappa shape index (κ3) is 4.55. The molecule has 0 aromatic heterocycles. The Morgan fingerprint density at radius 1 is 1.08 bits per heavy atom. The Morgan fingerprint density at radius 2 is 1.81 bits per heavy atom. The minimum absolute atomic E-state index is 0.437. The van der Waals surface area contributed by atoms with Gasteiger partial charge in [0.1, 0.15) is 5.75 Å². The second-order valence-electron chi connectivity index (χ2n) is 6.62. The first-order chi connectivity index (χ1) is 12.7. The number of aliphatic carboxylic acids is 1. The first-order valence-electron chi connectivity index (χ1n) is 9.06. The number of benzene rings is 2. The van der Waals surface area contributed by atoms with Crippen LogP contribution in [0.3, 0.4) is 0 Å². The lowest BCUT2D eigenvalue weighted by Gasteiger charge is -2.36. The SMILES string of the molecule is COc1cccc(N2CCN(CCC(C(=O)O)c3ccccc3)CC2)c1. The third-order valence-electron chi connectivity index (χ3n) is 5.02. The lowest BCUT2D eigenvalue weighted by Crippen LogP contribution is -2.47. The molecular formula is C21H26N2O3. The summed E-state index contributed by atoms with van der Waals surface area (Å²) in [5.41, 5.74) is 2.06. The first-order valence-corrected chi connectivity index (χ1v) is 9.06. The van der Waals surface area contributed by atoms with Crippen molar-refractivity contribution < 1.29 is 14.6 Å². The van der Waals surface area contributed by atoms with E-state index in [0.29, 0.717) is 6.42 Å². The first kappa shape index (κ1) is 18.3. The van der Waals surface area contributed by atoms with Crippen LogP contribution in [0.5, 0.6) is 5.75 Å². The molecule has 0 spiro atoms. The average molecular weight is 354 g/mol. The Labute approximate surface area is 154 Å². The van der Waals surface area contributed by atoms with Crippen LogP contribution in [0.2, 0.25) is 0 Å². The zero-order valence-corrected chi connectivity index (χ0v) is 15.2. The molecule has 1 fully saturated rings. The molecule has 3 rings (SSSR count). The number of hydrogen-bond acceptors (Lipinski definition) is 4. The van der Waals surface area contributed by atoms with E-state index < -0.39 is 11.9 Å². The quantitative estimate of drug-likeness (QED) is 0.828. The summed E-state index contributed by atoms with van der Waals surface area (Å²) in [7, 11) is 1.68. The molecule has 1 aliphatic rings. The van der Waals surface area contributed by atoms with Crippen LogP contribution in [0, 0.1) is 0 Å². The van der Waals surface area contributed by atoms with Crippen LogP contribution in [0.4, 0.5) is 5.69 Å². The normalized spacial score (nSPS) is 16.3. The molecule has 26 heavy (non-hydrogen) atoms. The smallest absolute Gasteiger partial charge is 0.311 e. The lowest BCUT2D eigenvalue weighted by atomic mass is 9.95. The van der Waals surface area contributed by atoms with Crippen molar-refractivity contribution in [1.29, 1.82) is 0 Å².